The SMILES string of the molecule is CC(=O)CSc1cn(C(c2ccccc2)(c2ccccc2)c2ccccc2)nn1. The lowest BCUT2D eigenvalue weighted by Crippen LogP contribution is -2.38. The van der Waals surface area contributed by atoms with Gasteiger partial charge in [-0.05, 0) is 23.6 Å². The highest BCUT2D eigenvalue weighted by molar-refractivity contribution is 7.99. The summed E-state index contributed by atoms with van der Waals surface area (Å²) in [5.41, 5.74) is 2.59. The van der Waals surface area contributed by atoms with Gasteiger partial charge in [-0.15, -0.1) is 5.10 Å². The quantitative estimate of drug-likeness (QED) is 0.331. The summed E-state index contributed by atoms with van der Waals surface area (Å²) in [6, 6.07) is 31.0. The molecule has 4 rings (SSSR count). The van der Waals surface area contributed by atoms with Crippen molar-refractivity contribution >= 4 is 17.5 Å². The Hall–Kier alpha value is -3.18. The fourth-order valence-corrected chi connectivity index (χ4v) is 4.21. The van der Waals surface area contributed by atoms with Crippen LogP contribution < -0.4 is 0 Å². The van der Waals surface area contributed by atoms with Crippen LogP contribution in [0.1, 0.15) is 23.6 Å². The molecule has 0 amide bonds. The first-order valence-corrected chi connectivity index (χ1v) is 10.4. The first-order valence-electron chi connectivity index (χ1n) is 9.43. The second-order valence-corrected chi connectivity index (χ2v) is 7.80. The third kappa shape index (κ3) is 3.74. The molecule has 3 aromatic carbocycles. The minimum absolute atomic E-state index is 0.116. The molecule has 1 heterocycles. The molecule has 0 unspecified atom stereocenters. The van der Waals surface area contributed by atoms with Gasteiger partial charge in [-0.3, -0.25) is 4.79 Å². The number of thioether (sulfide) groups is 1. The molecule has 144 valence electrons. The van der Waals surface area contributed by atoms with E-state index in [1.165, 1.54) is 11.8 Å². The Balaban J connectivity index is 1.97. The minimum atomic E-state index is -0.675. The molecule has 0 aliphatic heterocycles. The Bertz CT molecular complexity index is 982. The molecule has 29 heavy (non-hydrogen) atoms. The predicted octanol–water partition coefficient (Wildman–Crippen LogP) is 4.80. The van der Waals surface area contributed by atoms with Gasteiger partial charge in [0.2, 0.25) is 0 Å². The largest absolute Gasteiger partial charge is 0.299 e. The highest BCUT2D eigenvalue weighted by Gasteiger charge is 2.39. The van der Waals surface area contributed by atoms with Crippen molar-refractivity contribution in [2.45, 2.75) is 17.5 Å². The number of aromatic nitrogens is 3. The maximum Gasteiger partial charge on any atom is 0.140 e. The van der Waals surface area contributed by atoms with E-state index < -0.39 is 5.54 Å². The fourth-order valence-electron chi connectivity index (χ4n) is 3.59. The number of rotatable bonds is 7. The molecule has 4 nitrogen and oxygen atoms in total. The van der Waals surface area contributed by atoms with E-state index in [1.54, 1.807) is 6.92 Å². The molecular weight excluding hydrogens is 378 g/mol. The van der Waals surface area contributed by atoms with E-state index in [4.69, 9.17) is 0 Å². The lowest BCUT2D eigenvalue weighted by Gasteiger charge is -2.35. The van der Waals surface area contributed by atoms with Crippen molar-refractivity contribution in [2.75, 3.05) is 5.75 Å². The normalized spacial score (nSPS) is 11.3. The molecule has 0 spiro atoms. The molecular formula is C24H21N3OS. The summed E-state index contributed by atoms with van der Waals surface area (Å²) in [4.78, 5) is 11.4. The number of carbonyl (C=O) groups excluding carboxylic acids is 1. The third-order valence-corrected chi connectivity index (χ3v) is 5.85. The van der Waals surface area contributed by atoms with Crippen LogP contribution in [0.3, 0.4) is 0 Å². The molecule has 0 atom stereocenters. The van der Waals surface area contributed by atoms with Crippen LogP contribution >= 0.6 is 11.8 Å². The van der Waals surface area contributed by atoms with E-state index in [0.29, 0.717) is 5.75 Å². The number of benzene rings is 3. The van der Waals surface area contributed by atoms with Crippen LogP contribution in [0, 0.1) is 0 Å². The zero-order valence-electron chi connectivity index (χ0n) is 16.1. The Morgan fingerprint density at radius 3 is 1.69 bits per heavy atom. The van der Waals surface area contributed by atoms with Crippen LogP contribution in [0.15, 0.2) is 102 Å². The second kappa shape index (κ2) is 8.45. The van der Waals surface area contributed by atoms with Crippen molar-refractivity contribution in [2.24, 2.45) is 0 Å². The first-order chi connectivity index (χ1) is 14.2. The van der Waals surface area contributed by atoms with Crippen LogP contribution in [0.2, 0.25) is 0 Å². The Morgan fingerprint density at radius 2 is 1.28 bits per heavy atom. The molecule has 0 aliphatic rings. The number of nitrogens with zero attached hydrogens (tertiary/aromatic N) is 3. The van der Waals surface area contributed by atoms with Crippen molar-refractivity contribution in [1.82, 2.24) is 15.0 Å². The van der Waals surface area contributed by atoms with Gasteiger partial charge >= 0.3 is 0 Å². The summed E-state index contributed by atoms with van der Waals surface area (Å²) in [5.74, 6) is 0.498. The Morgan fingerprint density at radius 1 is 0.828 bits per heavy atom. The monoisotopic (exact) mass is 399 g/mol. The lowest BCUT2D eigenvalue weighted by molar-refractivity contribution is -0.114. The van der Waals surface area contributed by atoms with Crippen molar-refractivity contribution in [3.63, 3.8) is 0 Å². The molecule has 0 radical (unpaired) electrons. The highest BCUT2D eigenvalue weighted by atomic mass is 32.2. The van der Waals surface area contributed by atoms with E-state index in [-0.39, 0.29) is 5.78 Å². The summed E-state index contributed by atoms with van der Waals surface area (Å²) >= 11 is 1.41. The van der Waals surface area contributed by atoms with E-state index in [2.05, 4.69) is 46.7 Å². The molecule has 0 saturated heterocycles. The van der Waals surface area contributed by atoms with Crippen LogP contribution in [0.25, 0.3) is 0 Å². The van der Waals surface area contributed by atoms with E-state index in [9.17, 15) is 4.79 Å². The van der Waals surface area contributed by atoms with Crippen LogP contribution in [0.4, 0.5) is 0 Å². The number of hydrogen-bond acceptors (Lipinski definition) is 4. The van der Waals surface area contributed by atoms with Gasteiger partial charge in [0, 0.05) is 0 Å². The number of ketones is 1. The smallest absolute Gasteiger partial charge is 0.140 e. The molecule has 1 aromatic heterocycles. The van der Waals surface area contributed by atoms with E-state index in [0.717, 1.165) is 21.7 Å². The van der Waals surface area contributed by atoms with Crippen molar-refractivity contribution in [1.29, 1.82) is 0 Å². The summed E-state index contributed by atoms with van der Waals surface area (Å²) in [7, 11) is 0. The maximum atomic E-state index is 11.4. The predicted molar refractivity (Wildman–Crippen MR) is 116 cm³/mol. The zero-order valence-corrected chi connectivity index (χ0v) is 16.9. The average Bonchev–Trinajstić information content (AvgIpc) is 3.24. The molecule has 5 heteroatoms. The highest BCUT2D eigenvalue weighted by Crippen LogP contribution is 2.40. The van der Waals surface area contributed by atoms with Gasteiger partial charge in [0.25, 0.3) is 0 Å². The number of carbonyl (C=O) groups is 1. The van der Waals surface area contributed by atoms with Gasteiger partial charge < -0.3 is 0 Å². The molecule has 0 saturated carbocycles. The van der Waals surface area contributed by atoms with Gasteiger partial charge in [0.05, 0.1) is 11.9 Å². The molecule has 0 bridgehead atoms. The summed E-state index contributed by atoms with van der Waals surface area (Å²) in [6.45, 7) is 1.58. The maximum absolute atomic E-state index is 11.4. The second-order valence-electron chi connectivity index (χ2n) is 6.80. The first kappa shape index (κ1) is 19.2. The van der Waals surface area contributed by atoms with Crippen molar-refractivity contribution < 1.29 is 4.79 Å². The van der Waals surface area contributed by atoms with E-state index >= 15 is 0 Å². The summed E-state index contributed by atoms with van der Waals surface area (Å²) < 4.78 is 1.91. The van der Waals surface area contributed by atoms with Gasteiger partial charge in [0.1, 0.15) is 16.3 Å². The lowest BCUT2D eigenvalue weighted by atomic mass is 9.77. The fraction of sp³-hybridized carbons (Fsp3) is 0.125. The van der Waals surface area contributed by atoms with Gasteiger partial charge in [-0.25, -0.2) is 4.68 Å². The molecule has 4 aromatic rings. The zero-order chi connectivity index (χ0) is 20.1. The summed E-state index contributed by atoms with van der Waals surface area (Å²) in [5, 5.41) is 9.61. The van der Waals surface area contributed by atoms with Crippen molar-refractivity contribution in [3.8, 4) is 0 Å². The standard InChI is InChI=1S/C24H21N3OS/c1-19(28)18-29-23-17-27(26-25-23)24(20-11-5-2-6-12-20,21-13-7-3-8-14-21)22-15-9-4-10-16-22/h2-17H,18H2,1H3. The molecule has 0 N–H and O–H groups in total. The van der Waals surface area contributed by atoms with E-state index in [1.807, 2.05) is 65.5 Å². The van der Waals surface area contributed by atoms with Crippen molar-refractivity contribution in [3.05, 3.63) is 114 Å². The number of Topliss-reactive ketones (excluding diaryl/α,β-unsaturated/α-hetero) is 1. The minimum Gasteiger partial charge on any atom is -0.299 e. The Labute approximate surface area is 174 Å². The third-order valence-electron chi connectivity index (χ3n) is 4.81. The van der Waals surface area contributed by atoms with Gasteiger partial charge in [-0.2, -0.15) is 0 Å². The van der Waals surface area contributed by atoms with Gasteiger partial charge in [-0.1, -0.05) is 108 Å². The molecule has 0 fully saturated rings. The van der Waals surface area contributed by atoms with Gasteiger partial charge in [0.15, 0.2) is 0 Å². The topological polar surface area (TPSA) is 47.8 Å². The Kier molecular flexibility index (Phi) is 5.58. The van der Waals surface area contributed by atoms with Crippen LogP contribution in [-0.4, -0.2) is 26.5 Å². The number of hydrogen-bond donors (Lipinski definition) is 0. The van der Waals surface area contributed by atoms with Crippen LogP contribution in [-0.2, 0) is 10.3 Å². The summed E-state index contributed by atoms with van der Waals surface area (Å²) in [6.07, 6.45) is 1.93. The van der Waals surface area contributed by atoms with Crippen LogP contribution in [0.5, 0.6) is 0 Å². The molecule has 0 aliphatic carbocycles. The average molecular weight is 400 g/mol.